The van der Waals surface area contributed by atoms with E-state index in [-0.39, 0.29) is 0 Å². The summed E-state index contributed by atoms with van der Waals surface area (Å²) < 4.78 is 4.64. The molecule has 0 unspecified atom stereocenters. The predicted molar refractivity (Wildman–Crippen MR) is 53.7 cm³/mol. The Labute approximate surface area is 85.5 Å². The first-order valence-corrected chi connectivity index (χ1v) is 5.21. The summed E-state index contributed by atoms with van der Waals surface area (Å²) in [5.74, 6) is 0.800. The van der Waals surface area contributed by atoms with Gasteiger partial charge in [-0.1, -0.05) is 20.8 Å². The van der Waals surface area contributed by atoms with Crippen LogP contribution in [0.5, 0.6) is 0 Å². The van der Waals surface area contributed by atoms with Crippen molar-refractivity contribution in [2.75, 3.05) is 7.11 Å². The quantitative estimate of drug-likeness (QED) is 0.654. The number of hydrogen-bond donors (Lipinski definition) is 1. The second kappa shape index (κ2) is 3.89. The molecule has 1 saturated carbocycles. The van der Waals surface area contributed by atoms with Crippen molar-refractivity contribution in [1.82, 2.24) is 0 Å². The summed E-state index contributed by atoms with van der Waals surface area (Å²) >= 11 is 0. The molecule has 1 aliphatic carbocycles. The highest BCUT2D eigenvalue weighted by molar-refractivity contribution is 5.79. The minimum Gasteiger partial charge on any atom is -0.467 e. The molecule has 0 amide bonds. The van der Waals surface area contributed by atoms with Gasteiger partial charge in [0.15, 0.2) is 5.60 Å². The van der Waals surface area contributed by atoms with E-state index in [2.05, 4.69) is 25.5 Å². The summed E-state index contributed by atoms with van der Waals surface area (Å²) in [6.45, 7) is 6.33. The Bertz CT molecular complexity index is 213. The maximum atomic E-state index is 11.4. The number of aliphatic hydroxyl groups is 1. The zero-order valence-corrected chi connectivity index (χ0v) is 9.41. The van der Waals surface area contributed by atoms with Crippen LogP contribution >= 0.6 is 0 Å². The molecule has 2 atom stereocenters. The van der Waals surface area contributed by atoms with Gasteiger partial charge in [-0.25, -0.2) is 4.79 Å². The van der Waals surface area contributed by atoms with Crippen molar-refractivity contribution >= 4 is 5.97 Å². The van der Waals surface area contributed by atoms with Crippen molar-refractivity contribution in [3.8, 4) is 0 Å². The molecule has 0 spiro atoms. The van der Waals surface area contributed by atoms with E-state index in [1.54, 1.807) is 0 Å². The molecular formula is C11H20O3. The van der Waals surface area contributed by atoms with Crippen molar-refractivity contribution in [3.63, 3.8) is 0 Å². The number of methoxy groups -OCH3 is 1. The number of carbonyl (C=O) groups is 1. The van der Waals surface area contributed by atoms with Gasteiger partial charge < -0.3 is 9.84 Å². The monoisotopic (exact) mass is 200 g/mol. The lowest BCUT2D eigenvalue weighted by Crippen LogP contribution is -2.48. The van der Waals surface area contributed by atoms with Crippen LogP contribution in [0.25, 0.3) is 0 Å². The Hall–Kier alpha value is -0.570. The molecule has 1 aliphatic rings. The molecule has 3 nitrogen and oxygen atoms in total. The Balaban J connectivity index is 2.78. The molecule has 0 radical (unpaired) electrons. The number of carbonyl (C=O) groups excluding carboxylic acids is 1. The zero-order valence-electron chi connectivity index (χ0n) is 9.41. The second-order valence-corrected chi connectivity index (χ2v) is 4.75. The molecule has 0 aromatic heterocycles. The van der Waals surface area contributed by atoms with Crippen molar-refractivity contribution < 1.29 is 14.6 Å². The first kappa shape index (κ1) is 11.5. The molecule has 14 heavy (non-hydrogen) atoms. The Kier molecular flexibility index (Phi) is 3.20. The molecule has 0 aromatic carbocycles. The third kappa shape index (κ3) is 1.92. The Morgan fingerprint density at radius 2 is 1.71 bits per heavy atom. The Morgan fingerprint density at radius 3 is 2.07 bits per heavy atom. The molecule has 0 saturated heterocycles. The van der Waals surface area contributed by atoms with Gasteiger partial charge in [-0.15, -0.1) is 0 Å². The lowest BCUT2D eigenvalue weighted by atomic mass is 9.68. The molecule has 0 heterocycles. The number of ether oxygens (including phenoxy) is 1. The maximum Gasteiger partial charge on any atom is 0.337 e. The highest BCUT2D eigenvalue weighted by Gasteiger charge is 2.45. The topological polar surface area (TPSA) is 46.5 Å². The first-order chi connectivity index (χ1) is 6.40. The van der Waals surface area contributed by atoms with E-state index in [0.29, 0.717) is 30.6 Å². The molecule has 3 heteroatoms. The molecule has 1 fully saturated rings. The van der Waals surface area contributed by atoms with E-state index in [1.165, 1.54) is 7.11 Å². The van der Waals surface area contributed by atoms with E-state index < -0.39 is 11.6 Å². The van der Waals surface area contributed by atoms with E-state index in [1.807, 2.05) is 0 Å². The summed E-state index contributed by atoms with van der Waals surface area (Å²) in [5, 5.41) is 10.1. The lowest BCUT2D eigenvalue weighted by molar-refractivity contribution is -0.171. The van der Waals surface area contributed by atoms with Crippen LogP contribution in [-0.4, -0.2) is 23.8 Å². The summed E-state index contributed by atoms with van der Waals surface area (Å²) in [6.07, 6.45) is 1.04. The van der Waals surface area contributed by atoms with Crippen LogP contribution in [0.3, 0.4) is 0 Å². The highest BCUT2D eigenvalue weighted by Crippen LogP contribution is 2.40. The normalized spacial score (nSPS) is 43.4. The summed E-state index contributed by atoms with van der Waals surface area (Å²) in [6, 6.07) is 0. The summed E-state index contributed by atoms with van der Waals surface area (Å²) in [5.41, 5.74) is -1.25. The van der Waals surface area contributed by atoms with Gasteiger partial charge in [-0.05, 0) is 30.6 Å². The molecular weight excluding hydrogens is 180 g/mol. The Morgan fingerprint density at radius 1 is 1.29 bits per heavy atom. The van der Waals surface area contributed by atoms with Crippen LogP contribution in [0.1, 0.15) is 33.6 Å². The van der Waals surface area contributed by atoms with Gasteiger partial charge in [0.25, 0.3) is 0 Å². The van der Waals surface area contributed by atoms with E-state index in [0.717, 1.165) is 0 Å². The van der Waals surface area contributed by atoms with Crippen molar-refractivity contribution in [2.45, 2.75) is 39.2 Å². The SMILES string of the molecule is COC(=O)C1(O)C[C@@H](C)C(C)[C@H](C)C1. The summed E-state index contributed by atoms with van der Waals surface area (Å²) in [4.78, 5) is 11.4. The van der Waals surface area contributed by atoms with Crippen molar-refractivity contribution in [3.05, 3.63) is 0 Å². The fourth-order valence-corrected chi connectivity index (χ4v) is 2.44. The minimum absolute atomic E-state index is 0.364. The second-order valence-electron chi connectivity index (χ2n) is 4.75. The third-order valence-corrected chi connectivity index (χ3v) is 3.68. The van der Waals surface area contributed by atoms with Gasteiger partial charge in [0.2, 0.25) is 0 Å². The van der Waals surface area contributed by atoms with Crippen molar-refractivity contribution in [2.24, 2.45) is 17.8 Å². The smallest absolute Gasteiger partial charge is 0.337 e. The highest BCUT2D eigenvalue weighted by atomic mass is 16.5. The molecule has 0 aliphatic heterocycles. The van der Waals surface area contributed by atoms with Gasteiger partial charge in [0.05, 0.1) is 7.11 Å². The van der Waals surface area contributed by atoms with Crippen LogP contribution in [0, 0.1) is 17.8 Å². The van der Waals surface area contributed by atoms with Crippen LogP contribution in [0.2, 0.25) is 0 Å². The number of hydrogen-bond acceptors (Lipinski definition) is 3. The lowest BCUT2D eigenvalue weighted by Gasteiger charge is -2.41. The fraction of sp³-hybridized carbons (Fsp3) is 0.909. The maximum absolute atomic E-state index is 11.4. The third-order valence-electron chi connectivity index (χ3n) is 3.68. The largest absolute Gasteiger partial charge is 0.467 e. The van der Waals surface area contributed by atoms with Gasteiger partial charge in [-0.2, -0.15) is 0 Å². The van der Waals surface area contributed by atoms with E-state index in [4.69, 9.17) is 0 Å². The number of esters is 1. The average molecular weight is 200 g/mol. The zero-order chi connectivity index (χ0) is 10.9. The molecule has 1 N–H and O–H groups in total. The molecule has 1 rings (SSSR count). The van der Waals surface area contributed by atoms with Gasteiger partial charge in [0, 0.05) is 0 Å². The fourth-order valence-electron chi connectivity index (χ4n) is 2.44. The van der Waals surface area contributed by atoms with Gasteiger partial charge in [0.1, 0.15) is 0 Å². The average Bonchev–Trinajstić information content (AvgIpc) is 2.12. The van der Waals surface area contributed by atoms with E-state index >= 15 is 0 Å². The minimum atomic E-state index is -1.25. The first-order valence-electron chi connectivity index (χ1n) is 5.21. The predicted octanol–water partition coefficient (Wildman–Crippen LogP) is 1.59. The van der Waals surface area contributed by atoms with Crippen molar-refractivity contribution in [1.29, 1.82) is 0 Å². The van der Waals surface area contributed by atoms with Gasteiger partial charge in [-0.3, -0.25) is 0 Å². The van der Waals surface area contributed by atoms with Gasteiger partial charge >= 0.3 is 5.97 Å². The van der Waals surface area contributed by atoms with E-state index in [9.17, 15) is 9.90 Å². The standard InChI is InChI=1S/C11H20O3/c1-7-5-11(13,10(12)14-4)6-8(2)9(7)3/h7-9,13H,5-6H2,1-4H3/t7-,8-,9?,11?/m1/s1. The molecule has 0 aromatic rings. The van der Waals surface area contributed by atoms with Crippen LogP contribution in [0.4, 0.5) is 0 Å². The van der Waals surface area contributed by atoms with Crippen LogP contribution in [-0.2, 0) is 9.53 Å². The van der Waals surface area contributed by atoms with Crippen LogP contribution in [0.15, 0.2) is 0 Å². The summed E-state index contributed by atoms with van der Waals surface area (Å²) in [7, 11) is 1.33. The molecule has 82 valence electrons. The molecule has 0 bridgehead atoms. The van der Waals surface area contributed by atoms with Crippen LogP contribution < -0.4 is 0 Å². The number of rotatable bonds is 1.